The Balaban J connectivity index is 2.38. The lowest BCUT2D eigenvalue weighted by Crippen LogP contribution is -2.33. The van der Waals surface area contributed by atoms with Gasteiger partial charge in [-0.25, -0.2) is 8.78 Å². The molecule has 0 bridgehead atoms. The van der Waals surface area contributed by atoms with Gasteiger partial charge in [0, 0.05) is 6.54 Å². The van der Waals surface area contributed by atoms with Crippen LogP contribution in [-0.4, -0.2) is 35.7 Å². The van der Waals surface area contributed by atoms with Gasteiger partial charge in [-0.2, -0.15) is 8.78 Å². The number of halogens is 4. The lowest BCUT2D eigenvalue weighted by molar-refractivity contribution is -0.148. The van der Waals surface area contributed by atoms with Gasteiger partial charge in [0.2, 0.25) is 0 Å². The van der Waals surface area contributed by atoms with E-state index in [0.717, 1.165) is 17.9 Å². The number of ether oxygens (including phenoxy) is 1. The Hall–Kier alpha value is -0.960. The summed E-state index contributed by atoms with van der Waals surface area (Å²) in [5, 5.41) is 10.7. The molecule has 0 atom stereocenters. The molecule has 0 aliphatic heterocycles. The van der Waals surface area contributed by atoms with Gasteiger partial charge < -0.3 is 10.1 Å². The smallest absolute Gasteiger partial charge is 0.340 e. The molecule has 4 nitrogen and oxygen atoms in total. The van der Waals surface area contributed by atoms with E-state index >= 15 is 0 Å². The molecule has 0 saturated carbocycles. The van der Waals surface area contributed by atoms with Crippen molar-refractivity contribution in [2.75, 3.05) is 13.2 Å². The molecule has 0 saturated heterocycles. The highest BCUT2D eigenvalue weighted by Crippen LogP contribution is 2.25. The van der Waals surface area contributed by atoms with Crippen molar-refractivity contribution in [3.8, 4) is 5.19 Å². The van der Waals surface area contributed by atoms with Crippen molar-refractivity contribution < 1.29 is 22.3 Å². The molecule has 0 amide bonds. The highest BCUT2D eigenvalue weighted by atomic mass is 32.1. The Labute approximate surface area is 112 Å². The Morgan fingerprint density at radius 2 is 2.00 bits per heavy atom. The van der Waals surface area contributed by atoms with Gasteiger partial charge >= 0.3 is 12.3 Å². The van der Waals surface area contributed by atoms with E-state index in [9.17, 15) is 17.6 Å². The molecule has 1 aromatic rings. The van der Waals surface area contributed by atoms with Gasteiger partial charge in [0.1, 0.15) is 5.01 Å². The molecule has 1 aromatic heterocycles. The minimum atomic E-state index is -4.18. The predicted octanol–water partition coefficient (Wildman–Crippen LogP) is 2.56. The van der Waals surface area contributed by atoms with Gasteiger partial charge in [-0.3, -0.25) is 0 Å². The molecule has 0 aliphatic carbocycles. The molecule has 9 heteroatoms. The first kappa shape index (κ1) is 16.1. The molecular weight excluding hydrogens is 286 g/mol. The molecule has 0 aromatic carbocycles. The zero-order valence-electron chi connectivity index (χ0n) is 10.5. The van der Waals surface area contributed by atoms with Crippen molar-refractivity contribution >= 4 is 11.3 Å². The number of aromatic nitrogens is 2. The molecule has 1 heterocycles. The maximum absolute atomic E-state index is 12.6. The van der Waals surface area contributed by atoms with Crippen molar-refractivity contribution in [1.29, 1.82) is 0 Å². The molecule has 110 valence electrons. The van der Waals surface area contributed by atoms with Gasteiger partial charge in [0.25, 0.3) is 5.19 Å². The van der Waals surface area contributed by atoms with Crippen LogP contribution in [0.2, 0.25) is 0 Å². The SMILES string of the molecule is CC(C)CNCc1nnc(OCC(F)(F)C(F)F)s1. The Morgan fingerprint density at radius 1 is 1.32 bits per heavy atom. The third-order valence-electron chi connectivity index (χ3n) is 1.98. The average molecular weight is 301 g/mol. The van der Waals surface area contributed by atoms with Crippen molar-refractivity contribution in [2.24, 2.45) is 5.92 Å². The first-order chi connectivity index (χ1) is 8.81. The van der Waals surface area contributed by atoms with E-state index in [-0.39, 0.29) is 5.19 Å². The lowest BCUT2D eigenvalue weighted by atomic mass is 10.2. The Bertz CT molecular complexity index is 387. The minimum Gasteiger partial charge on any atom is -0.462 e. The van der Waals surface area contributed by atoms with Crippen molar-refractivity contribution in [3.05, 3.63) is 5.01 Å². The topological polar surface area (TPSA) is 47.0 Å². The normalized spacial score (nSPS) is 12.4. The second kappa shape index (κ2) is 6.99. The maximum atomic E-state index is 12.6. The molecular formula is C10H15F4N3OS. The molecule has 19 heavy (non-hydrogen) atoms. The van der Waals surface area contributed by atoms with Crippen LogP contribution < -0.4 is 10.1 Å². The monoisotopic (exact) mass is 301 g/mol. The summed E-state index contributed by atoms with van der Waals surface area (Å²) >= 11 is 0.952. The summed E-state index contributed by atoms with van der Waals surface area (Å²) in [6, 6.07) is 0. The van der Waals surface area contributed by atoms with E-state index < -0.39 is 19.0 Å². The molecule has 1 N–H and O–H groups in total. The van der Waals surface area contributed by atoms with Gasteiger partial charge in [-0.05, 0) is 12.5 Å². The van der Waals surface area contributed by atoms with Crippen LogP contribution >= 0.6 is 11.3 Å². The average Bonchev–Trinajstić information content (AvgIpc) is 2.74. The first-order valence-electron chi connectivity index (χ1n) is 5.63. The molecule has 1 rings (SSSR count). The largest absolute Gasteiger partial charge is 0.462 e. The van der Waals surface area contributed by atoms with Gasteiger partial charge in [-0.15, -0.1) is 10.2 Å². The summed E-state index contributed by atoms with van der Waals surface area (Å²) in [6.45, 7) is 3.88. The lowest BCUT2D eigenvalue weighted by Gasteiger charge is -2.13. The fourth-order valence-corrected chi connectivity index (χ4v) is 1.71. The summed E-state index contributed by atoms with van der Waals surface area (Å²) in [5.41, 5.74) is 0. The maximum Gasteiger partial charge on any atom is 0.340 e. The predicted molar refractivity (Wildman–Crippen MR) is 62.9 cm³/mol. The van der Waals surface area contributed by atoms with Crippen LogP contribution in [0.25, 0.3) is 0 Å². The van der Waals surface area contributed by atoms with Crippen molar-refractivity contribution in [3.63, 3.8) is 0 Å². The third-order valence-corrected chi connectivity index (χ3v) is 2.82. The summed E-state index contributed by atoms with van der Waals surface area (Å²) in [6.07, 6.45) is -3.76. The number of hydrogen-bond acceptors (Lipinski definition) is 5. The summed E-state index contributed by atoms with van der Waals surface area (Å²) in [4.78, 5) is 0. The van der Waals surface area contributed by atoms with E-state index in [1.807, 2.05) is 13.8 Å². The van der Waals surface area contributed by atoms with E-state index in [1.54, 1.807) is 0 Å². The zero-order chi connectivity index (χ0) is 14.5. The number of rotatable bonds is 8. The number of alkyl halides is 4. The minimum absolute atomic E-state index is 0.137. The standard InChI is InChI=1S/C10H15F4N3OS/c1-6(2)3-15-4-7-16-17-9(19-7)18-5-10(13,14)8(11)12/h6,8,15H,3-5H2,1-2H3. The summed E-state index contributed by atoms with van der Waals surface area (Å²) in [5.74, 6) is -3.71. The van der Waals surface area contributed by atoms with Crippen molar-refractivity contribution in [2.45, 2.75) is 32.7 Å². The number of nitrogens with zero attached hydrogens (tertiary/aromatic N) is 2. The summed E-state index contributed by atoms with van der Waals surface area (Å²) in [7, 11) is 0. The van der Waals surface area contributed by atoms with Gasteiger partial charge in [0.05, 0.1) is 0 Å². The quantitative estimate of drug-likeness (QED) is 0.750. The fourth-order valence-electron chi connectivity index (χ4n) is 1.06. The molecule has 0 spiro atoms. The van der Waals surface area contributed by atoms with E-state index in [4.69, 9.17) is 0 Å². The first-order valence-corrected chi connectivity index (χ1v) is 6.44. The van der Waals surface area contributed by atoms with E-state index in [0.29, 0.717) is 17.5 Å². The fraction of sp³-hybridized carbons (Fsp3) is 0.800. The van der Waals surface area contributed by atoms with E-state index in [1.165, 1.54) is 0 Å². The third kappa shape index (κ3) is 5.68. The van der Waals surface area contributed by atoms with Crippen LogP contribution in [0.5, 0.6) is 5.19 Å². The highest BCUT2D eigenvalue weighted by Gasteiger charge is 2.42. The van der Waals surface area contributed by atoms with Crippen LogP contribution in [0.1, 0.15) is 18.9 Å². The highest BCUT2D eigenvalue weighted by molar-refractivity contribution is 7.13. The Morgan fingerprint density at radius 3 is 2.58 bits per heavy atom. The summed E-state index contributed by atoms with van der Waals surface area (Å²) < 4.78 is 53.5. The van der Waals surface area contributed by atoms with Crippen LogP contribution in [0.15, 0.2) is 0 Å². The number of nitrogens with one attached hydrogen (secondary N) is 1. The molecule has 0 fully saturated rings. The molecule has 0 unspecified atom stereocenters. The van der Waals surface area contributed by atoms with Crippen LogP contribution in [-0.2, 0) is 6.54 Å². The van der Waals surface area contributed by atoms with E-state index in [2.05, 4.69) is 20.3 Å². The second-order valence-corrected chi connectivity index (χ2v) is 5.36. The van der Waals surface area contributed by atoms with Gasteiger partial charge in [-0.1, -0.05) is 25.2 Å². The molecule has 0 radical (unpaired) electrons. The second-order valence-electron chi connectivity index (χ2n) is 4.34. The molecule has 0 aliphatic rings. The van der Waals surface area contributed by atoms with Crippen LogP contribution in [0, 0.1) is 5.92 Å². The van der Waals surface area contributed by atoms with Crippen LogP contribution in [0.3, 0.4) is 0 Å². The number of hydrogen-bond donors (Lipinski definition) is 1. The zero-order valence-corrected chi connectivity index (χ0v) is 11.3. The Kier molecular flexibility index (Phi) is 5.92. The van der Waals surface area contributed by atoms with Crippen molar-refractivity contribution in [1.82, 2.24) is 15.5 Å². The van der Waals surface area contributed by atoms with Gasteiger partial charge in [0.15, 0.2) is 6.61 Å². The van der Waals surface area contributed by atoms with Crippen LogP contribution in [0.4, 0.5) is 17.6 Å².